The molecule has 1 heterocycles. The summed E-state index contributed by atoms with van der Waals surface area (Å²) in [6.45, 7) is 4.18. The highest BCUT2D eigenvalue weighted by Crippen LogP contribution is 2.24. The van der Waals surface area contributed by atoms with Crippen molar-refractivity contribution in [2.45, 2.75) is 13.8 Å². The van der Waals surface area contributed by atoms with Gasteiger partial charge in [-0.05, 0) is 25.0 Å². The molecule has 2 nitrogen and oxygen atoms in total. The number of aldehydes is 1. The van der Waals surface area contributed by atoms with E-state index in [2.05, 4.69) is 19.9 Å². The van der Waals surface area contributed by atoms with Crippen LogP contribution in [-0.4, -0.2) is 10.9 Å². The summed E-state index contributed by atoms with van der Waals surface area (Å²) in [4.78, 5) is 10.8. The standard InChI is InChI=1S/C12H13NO/c1-8-4-5-11-10(7-14)6-13(3)12(11)9(8)2/h4-7H,1-3H3. The molecule has 72 valence electrons. The van der Waals surface area contributed by atoms with Crippen LogP contribution in [0.5, 0.6) is 0 Å². The van der Waals surface area contributed by atoms with Gasteiger partial charge in [-0.1, -0.05) is 12.1 Å². The Bertz CT molecular complexity index is 509. The number of carbonyl (C=O) groups is 1. The molecule has 0 atom stereocenters. The van der Waals surface area contributed by atoms with Gasteiger partial charge in [0.25, 0.3) is 0 Å². The minimum atomic E-state index is 0.769. The molecule has 2 rings (SSSR count). The number of rotatable bonds is 1. The molecule has 1 aromatic carbocycles. The third-order valence-corrected chi connectivity index (χ3v) is 2.83. The van der Waals surface area contributed by atoms with Crippen LogP contribution in [0.15, 0.2) is 18.3 Å². The lowest BCUT2D eigenvalue weighted by molar-refractivity contribution is 0.112. The monoisotopic (exact) mass is 187 g/mol. The van der Waals surface area contributed by atoms with E-state index in [-0.39, 0.29) is 0 Å². The average molecular weight is 187 g/mol. The molecule has 0 aliphatic heterocycles. The van der Waals surface area contributed by atoms with Crippen molar-refractivity contribution in [2.75, 3.05) is 0 Å². The minimum Gasteiger partial charge on any atom is -0.350 e. The van der Waals surface area contributed by atoms with Crippen LogP contribution in [0.2, 0.25) is 0 Å². The lowest BCUT2D eigenvalue weighted by atomic mass is 10.1. The second kappa shape index (κ2) is 2.98. The van der Waals surface area contributed by atoms with Gasteiger partial charge in [-0.2, -0.15) is 0 Å². The Morgan fingerprint density at radius 2 is 2.00 bits per heavy atom. The summed E-state index contributed by atoms with van der Waals surface area (Å²) < 4.78 is 2.02. The zero-order chi connectivity index (χ0) is 10.3. The SMILES string of the molecule is Cc1ccc2c(C=O)cn(C)c2c1C. The lowest BCUT2D eigenvalue weighted by Gasteiger charge is -2.04. The van der Waals surface area contributed by atoms with E-state index in [1.54, 1.807) is 0 Å². The van der Waals surface area contributed by atoms with Crippen molar-refractivity contribution >= 4 is 17.2 Å². The molecule has 0 spiro atoms. The van der Waals surface area contributed by atoms with Crippen molar-refractivity contribution < 1.29 is 4.79 Å². The Hall–Kier alpha value is -1.57. The molecule has 0 saturated carbocycles. The minimum absolute atomic E-state index is 0.769. The molecule has 2 heteroatoms. The van der Waals surface area contributed by atoms with E-state index in [4.69, 9.17) is 0 Å². The fraction of sp³-hybridized carbons (Fsp3) is 0.250. The first-order valence-corrected chi connectivity index (χ1v) is 4.65. The lowest BCUT2D eigenvalue weighted by Crippen LogP contribution is -1.89. The van der Waals surface area contributed by atoms with Crippen molar-refractivity contribution in [3.05, 3.63) is 35.0 Å². The van der Waals surface area contributed by atoms with Gasteiger partial charge in [0.1, 0.15) is 0 Å². The van der Waals surface area contributed by atoms with Crippen LogP contribution < -0.4 is 0 Å². The van der Waals surface area contributed by atoms with Gasteiger partial charge in [0, 0.05) is 24.2 Å². The first-order valence-electron chi connectivity index (χ1n) is 4.65. The van der Waals surface area contributed by atoms with Gasteiger partial charge in [-0.25, -0.2) is 0 Å². The zero-order valence-corrected chi connectivity index (χ0v) is 8.66. The summed E-state index contributed by atoms with van der Waals surface area (Å²) in [5.41, 5.74) is 4.44. The zero-order valence-electron chi connectivity index (χ0n) is 8.66. The fourth-order valence-electron chi connectivity index (χ4n) is 1.93. The van der Waals surface area contributed by atoms with Gasteiger partial charge in [-0.3, -0.25) is 4.79 Å². The third-order valence-electron chi connectivity index (χ3n) is 2.83. The van der Waals surface area contributed by atoms with E-state index in [0.29, 0.717) is 0 Å². The number of aromatic nitrogens is 1. The van der Waals surface area contributed by atoms with E-state index >= 15 is 0 Å². The van der Waals surface area contributed by atoms with Gasteiger partial charge in [0.05, 0.1) is 5.52 Å². The molecule has 14 heavy (non-hydrogen) atoms. The molecule has 0 bridgehead atoms. The van der Waals surface area contributed by atoms with Gasteiger partial charge < -0.3 is 4.57 Å². The number of benzene rings is 1. The van der Waals surface area contributed by atoms with Crippen LogP contribution in [0.25, 0.3) is 10.9 Å². The van der Waals surface area contributed by atoms with Crippen molar-refractivity contribution in [3.8, 4) is 0 Å². The van der Waals surface area contributed by atoms with Crippen LogP contribution in [0, 0.1) is 13.8 Å². The van der Waals surface area contributed by atoms with Crippen molar-refractivity contribution in [3.63, 3.8) is 0 Å². The molecular formula is C12H13NO. The number of aryl methyl sites for hydroxylation is 3. The predicted octanol–water partition coefficient (Wildman–Crippen LogP) is 2.61. The van der Waals surface area contributed by atoms with Crippen molar-refractivity contribution in [1.29, 1.82) is 0 Å². The van der Waals surface area contributed by atoms with E-state index in [1.165, 1.54) is 11.1 Å². The molecular weight excluding hydrogens is 174 g/mol. The average Bonchev–Trinajstić information content (AvgIpc) is 2.49. The second-order valence-corrected chi connectivity index (χ2v) is 3.72. The summed E-state index contributed by atoms with van der Waals surface area (Å²) in [5.74, 6) is 0. The molecule has 0 radical (unpaired) electrons. The van der Waals surface area contributed by atoms with E-state index in [1.807, 2.05) is 23.9 Å². The number of fused-ring (bicyclic) bond motifs is 1. The highest BCUT2D eigenvalue weighted by Gasteiger charge is 2.08. The Morgan fingerprint density at radius 1 is 1.29 bits per heavy atom. The Labute approximate surface area is 83.2 Å². The predicted molar refractivity (Wildman–Crippen MR) is 57.8 cm³/mol. The van der Waals surface area contributed by atoms with Gasteiger partial charge in [0.2, 0.25) is 0 Å². The number of hydrogen-bond donors (Lipinski definition) is 0. The van der Waals surface area contributed by atoms with Crippen LogP contribution in [0.4, 0.5) is 0 Å². The highest BCUT2D eigenvalue weighted by molar-refractivity contribution is 5.99. The quantitative estimate of drug-likeness (QED) is 0.629. The van der Waals surface area contributed by atoms with Gasteiger partial charge in [0.15, 0.2) is 6.29 Å². The van der Waals surface area contributed by atoms with Crippen LogP contribution in [0.3, 0.4) is 0 Å². The maximum atomic E-state index is 10.8. The van der Waals surface area contributed by atoms with E-state index < -0.39 is 0 Å². The number of nitrogens with zero attached hydrogens (tertiary/aromatic N) is 1. The van der Waals surface area contributed by atoms with E-state index in [0.717, 1.165) is 22.8 Å². The topological polar surface area (TPSA) is 22.0 Å². The maximum absolute atomic E-state index is 10.8. The van der Waals surface area contributed by atoms with E-state index in [9.17, 15) is 4.79 Å². The van der Waals surface area contributed by atoms with Crippen LogP contribution in [0.1, 0.15) is 21.5 Å². The van der Waals surface area contributed by atoms with Crippen molar-refractivity contribution in [1.82, 2.24) is 4.57 Å². The molecule has 0 unspecified atom stereocenters. The molecule has 0 aliphatic carbocycles. The summed E-state index contributed by atoms with van der Waals surface area (Å²) in [6, 6.07) is 4.08. The molecule has 2 aromatic rings. The maximum Gasteiger partial charge on any atom is 0.152 e. The summed E-state index contributed by atoms with van der Waals surface area (Å²) in [7, 11) is 1.97. The summed E-state index contributed by atoms with van der Waals surface area (Å²) in [5, 5.41) is 1.05. The first-order chi connectivity index (χ1) is 6.65. The van der Waals surface area contributed by atoms with Crippen LogP contribution >= 0.6 is 0 Å². The normalized spacial score (nSPS) is 10.8. The summed E-state index contributed by atoms with van der Waals surface area (Å²) >= 11 is 0. The first kappa shape index (κ1) is 9.00. The Morgan fingerprint density at radius 3 is 2.64 bits per heavy atom. The molecule has 0 fully saturated rings. The molecule has 0 amide bonds. The van der Waals surface area contributed by atoms with Gasteiger partial charge in [-0.15, -0.1) is 0 Å². The number of hydrogen-bond acceptors (Lipinski definition) is 1. The number of carbonyl (C=O) groups excluding carboxylic acids is 1. The molecule has 1 aromatic heterocycles. The molecule has 0 N–H and O–H groups in total. The molecule has 0 saturated heterocycles. The summed E-state index contributed by atoms with van der Waals surface area (Å²) in [6.07, 6.45) is 2.79. The fourth-order valence-corrected chi connectivity index (χ4v) is 1.93. The molecule has 0 aliphatic rings. The Balaban J connectivity index is 2.96. The third kappa shape index (κ3) is 1.07. The largest absolute Gasteiger partial charge is 0.350 e. The van der Waals surface area contributed by atoms with Crippen molar-refractivity contribution in [2.24, 2.45) is 7.05 Å². The second-order valence-electron chi connectivity index (χ2n) is 3.72. The highest BCUT2D eigenvalue weighted by atomic mass is 16.1. The van der Waals surface area contributed by atoms with Gasteiger partial charge >= 0.3 is 0 Å². The van der Waals surface area contributed by atoms with Crippen LogP contribution in [-0.2, 0) is 7.05 Å². The Kier molecular flexibility index (Phi) is 1.92. The smallest absolute Gasteiger partial charge is 0.152 e.